The molecule has 1 unspecified atom stereocenters. The van der Waals surface area contributed by atoms with Crippen LogP contribution in [-0.4, -0.2) is 26.0 Å². The van der Waals surface area contributed by atoms with Gasteiger partial charge in [-0.25, -0.2) is 9.97 Å². The summed E-state index contributed by atoms with van der Waals surface area (Å²) in [6.07, 6.45) is 3.98. The number of rotatable bonds is 4. The Morgan fingerprint density at radius 3 is 2.54 bits per heavy atom. The minimum atomic E-state index is -0.505. The molecule has 0 spiro atoms. The second-order valence-corrected chi connectivity index (χ2v) is 5.42. The van der Waals surface area contributed by atoms with Gasteiger partial charge in [0.25, 0.3) is 5.91 Å². The molecule has 3 rings (SSSR count). The first-order valence-electron chi connectivity index (χ1n) is 7.12. The van der Waals surface area contributed by atoms with Gasteiger partial charge < -0.3 is 10.4 Å². The van der Waals surface area contributed by atoms with Crippen LogP contribution in [0.25, 0.3) is 0 Å². The number of aromatic nitrogens is 3. The SMILES string of the molecule is O=C(NC(c1cccc(Cl)c1)c1ccccn1)c1ncc(O)cn1. The summed E-state index contributed by atoms with van der Waals surface area (Å²) in [5.41, 5.74) is 1.44. The molecule has 2 N–H and O–H groups in total. The van der Waals surface area contributed by atoms with Gasteiger partial charge in [0.05, 0.1) is 24.1 Å². The van der Waals surface area contributed by atoms with Gasteiger partial charge in [0, 0.05) is 11.2 Å². The fraction of sp³-hybridized carbons (Fsp3) is 0.0588. The lowest BCUT2D eigenvalue weighted by Gasteiger charge is -2.18. The van der Waals surface area contributed by atoms with Crippen LogP contribution in [0.4, 0.5) is 0 Å². The predicted molar refractivity (Wildman–Crippen MR) is 88.7 cm³/mol. The fourth-order valence-corrected chi connectivity index (χ4v) is 2.39. The number of benzene rings is 1. The van der Waals surface area contributed by atoms with E-state index in [0.717, 1.165) is 18.0 Å². The number of hydrogen-bond donors (Lipinski definition) is 2. The second-order valence-electron chi connectivity index (χ2n) is 4.98. The number of carbonyl (C=O) groups is 1. The molecule has 2 aromatic heterocycles. The predicted octanol–water partition coefficient (Wildman–Crippen LogP) is 2.75. The van der Waals surface area contributed by atoms with Crippen LogP contribution in [0.15, 0.2) is 61.1 Å². The first-order chi connectivity index (χ1) is 11.6. The average Bonchev–Trinajstić information content (AvgIpc) is 2.61. The Bertz CT molecular complexity index is 841. The zero-order valence-electron chi connectivity index (χ0n) is 12.4. The highest BCUT2D eigenvalue weighted by molar-refractivity contribution is 6.30. The lowest BCUT2D eigenvalue weighted by Crippen LogP contribution is -2.31. The van der Waals surface area contributed by atoms with Crippen molar-refractivity contribution in [1.82, 2.24) is 20.3 Å². The first-order valence-corrected chi connectivity index (χ1v) is 7.49. The third-order valence-electron chi connectivity index (χ3n) is 3.28. The Kier molecular flexibility index (Phi) is 4.67. The van der Waals surface area contributed by atoms with E-state index in [0.29, 0.717) is 10.7 Å². The van der Waals surface area contributed by atoms with Gasteiger partial charge in [-0.3, -0.25) is 9.78 Å². The Morgan fingerprint density at radius 1 is 1.08 bits per heavy atom. The fourth-order valence-electron chi connectivity index (χ4n) is 2.20. The lowest BCUT2D eigenvalue weighted by molar-refractivity contribution is 0.0931. The molecule has 1 aromatic carbocycles. The number of pyridine rings is 1. The summed E-state index contributed by atoms with van der Waals surface area (Å²) in [7, 11) is 0. The number of halogens is 1. The van der Waals surface area contributed by atoms with Crippen molar-refractivity contribution in [3.8, 4) is 5.75 Å². The molecule has 3 aromatic rings. The third-order valence-corrected chi connectivity index (χ3v) is 3.52. The van der Waals surface area contributed by atoms with Gasteiger partial charge in [0.1, 0.15) is 0 Å². The first kappa shape index (κ1) is 15.9. The molecule has 0 bridgehead atoms. The molecule has 7 heteroatoms. The molecule has 0 radical (unpaired) electrons. The largest absolute Gasteiger partial charge is 0.505 e. The van der Waals surface area contributed by atoms with Crippen molar-refractivity contribution in [3.63, 3.8) is 0 Å². The molecule has 0 fully saturated rings. The van der Waals surface area contributed by atoms with E-state index in [9.17, 15) is 9.90 Å². The molecule has 0 saturated heterocycles. The maximum atomic E-state index is 12.4. The Morgan fingerprint density at radius 2 is 1.88 bits per heavy atom. The van der Waals surface area contributed by atoms with Crippen molar-refractivity contribution < 1.29 is 9.90 Å². The summed E-state index contributed by atoms with van der Waals surface area (Å²) >= 11 is 6.06. The number of aromatic hydroxyl groups is 1. The van der Waals surface area contributed by atoms with E-state index >= 15 is 0 Å². The van der Waals surface area contributed by atoms with Crippen LogP contribution in [0.2, 0.25) is 5.02 Å². The highest BCUT2D eigenvalue weighted by atomic mass is 35.5. The molecule has 0 saturated carbocycles. The summed E-state index contributed by atoms with van der Waals surface area (Å²) < 4.78 is 0. The van der Waals surface area contributed by atoms with Crippen LogP contribution in [-0.2, 0) is 0 Å². The molecule has 1 atom stereocenters. The molecule has 0 aliphatic heterocycles. The quantitative estimate of drug-likeness (QED) is 0.762. The molecule has 2 heterocycles. The maximum Gasteiger partial charge on any atom is 0.289 e. The Labute approximate surface area is 143 Å². The lowest BCUT2D eigenvalue weighted by atomic mass is 10.0. The summed E-state index contributed by atoms with van der Waals surface area (Å²) in [6.45, 7) is 0. The standard InChI is InChI=1S/C17H13ClN4O2/c18-12-5-3-4-11(8-12)15(14-6-1-2-7-19-14)22-17(24)16-20-9-13(23)10-21-16/h1-10,15,23H,(H,22,24). The van der Waals surface area contributed by atoms with Crippen LogP contribution in [0.3, 0.4) is 0 Å². The van der Waals surface area contributed by atoms with E-state index in [1.165, 1.54) is 0 Å². The van der Waals surface area contributed by atoms with Crippen LogP contribution >= 0.6 is 11.6 Å². The number of hydrogen-bond acceptors (Lipinski definition) is 5. The Balaban J connectivity index is 1.93. The minimum absolute atomic E-state index is 0.0456. The van der Waals surface area contributed by atoms with E-state index < -0.39 is 11.9 Å². The molecule has 120 valence electrons. The molecule has 24 heavy (non-hydrogen) atoms. The van der Waals surface area contributed by atoms with Crippen LogP contribution < -0.4 is 5.32 Å². The van der Waals surface area contributed by atoms with Crippen LogP contribution in [0, 0.1) is 0 Å². The van der Waals surface area contributed by atoms with E-state index in [1.807, 2.05) is 18.2 Å². The average molecular weight is 341 g/mol. The van der Waals surface area contributed by atoms with Crippen molar-refractivity contribution in [2.45, 2.75) is 6.04 Å². The summed E-state index contributed by atoms with van der Waals surface area (Å²) in [5.74, 6) is -0.635. The monoisotopic (exact) mass is 340 g/mol. The number of amides is 1. The summed E-state index contributed by atoms with van der Waals surface area (Å²) in [5, 5.41) is 12.6. The summed E-state index contributed by atoms with van der Waals surface area (Å²) in [4.78, 5) is 24.4. The van der Waals surface area contributed by atoms with Crippen molar-refractivity contribution in [1.29, 1.82) is 0 Å². The van der Waals surface area contributed by atoms with Gasteiger partial charge in [-0.15, -0.1) is 0 Å². The Hall–Kier alpha value is -2.99. The van der Waals surface area contributed by atoms with Gasteiger partial charge in [-0.1, -0.05) is 29.8 Å². The van der Waals surface area contributed by atoms with E-state index in [2.05, 4.69) is 20.3 Å². The highest BCUT2D eigenvalue weighted by Gasteiger charge is 2.20. The second kappa shape index (κ2) is 7.06. The molecule has 6 nitrogen and oxygen atoms in total. The van der Waals surface area contributed by atoms with Crippen LogP contribution in [0.1, 0.15) is 27.9 Å². The van der Waals surface area contributed by atoms with Crippen molar-refractivity contribution >= 4 is 17.5 Å². The smallest absolute Gasteiger partial charge is 0.289 e. The number of nitrogens with zero attached hydrogens (tertiary/aromatic N) is 3. The zero-order valence-corrected chi connectivity index (χ0v) is 13.2. The highest BCUT2D eigenvalue weighted by Crippen LogP contribution is 2.23. The van der Waals surface area contributed by atoms with Gasteiger partial charge in [-0.05, 0) is 29.8 Å². The van der Waals surface area contributed by atoms with Gasteiger partial charge in [-0.2, -0.15) is 0 Å². The van der Waals surface area contributed by atoms with Gasteiger partial charge >= 0.3 is 0 Å². The number of nitrogens with one attached hydrogen (secondary N) is 1. The van der Waals surface area contributed by atoms with Crippen molar-refractivity contribution in [2.24, 2.45) is 0 Å². The molecule has 0 aliphatic rings. The molecular formula is C17H13ClN4O2. The number of carbonyl (C=O) groups excluding carboxylic acids is 1. The van der Waals surface area contributed by atoms with Crippen molar-refractivity contribution in [3.05, 3.63) is 83.2 Å². The van der Waals surface area contributed by atoms with Crippen LogP contribution in [0.5, 0.6) is 5.75 Å². The van der Waals surface area contributed by atoms with Gasteiger partial charge in [0.2, 0.25) is 5.82 Å². The maximum absolute atomic E-state index is 12.4. The molecule has 0 aliphatic carbocycles. The summed E-state index contributed by atoms with van der Waals surface area (Å²) in [6, 6.07) is 12.1. The topological polar surface area (TPSA) is 88.0 Å². The normalized spacial score (nSPS) is 11.7. The molecule has 1 amide bonds. The molecular weight excluding hydrogens is 328 g/mol. The van der Waals surface area contributed by atoms with Crippen molar-refractivity contribution in [2.75, 3.05) is 0 Å². The van der Waals surface area contributed by atoms with Gasteiger partial charge in [0.15, 0.2) is 5.75 Å². The van der Waals surface area contributed by atoms with E-state index in [1.54, 1.807) is 30.5 Å². The third kappa shape index (κ3) is 3.67. The minimum Gasteiger partial charge on any atom is -0.505 e. The van der Waals surface area contributed by atoms with E-state index in [4.69, 9.17) is 11.6 Å². The zero-order chi connectivity index (χ0) is 16.9. The van der Waals surface area contributed by atoms with E-state index in [-0.39, 0.29) is 11.6 Å².